The lowest BCUT2D eigenvalue weighted by atomic mass is 10.1. The van der Waals surface area contributed by atoms with Crippen molar-refractivity contribution in [3.8, 4) is 22.9 Å². The van der Waals surface area contributed by atoms with Crippen molar-refractivity contribution in [3.63, 3.8) is 0 Å². The number of hydrogen-bond donors (Lipinski definition) is 1. The number of aromatic nitrogens is 3. The highest BCUT2D eigenvalue weighted by atomic mass is 19.4. The lowest BCUT2D eigenvalue weighted by Gasteiger charge is -2.15. The Labute approximate surface area is 175 Å². The van der Waals surface area contributed by atoms with Gasteiger partial charge in [-0.1, -0.05) is 6.92 Å². The summed E-state index contributed by atoms with van der Waals surface area (Å²) >= 11 is 0. The summed E-state index contributed by atoms with van der Waals surface area (Å²) in [6.45, 7) is 2.44. The molecular weight excluding hydrogens is 417 g/mol. The zero-order valence-electron chi connectivity index (χ0n) is 16.6. The average molecular weight is 436 g/mol. The van der Waals surface area contributed by atoms with Gasteiger partial charge in [0, 0.05) is 11.6 Å². The van der Waals surface area contributed by atoms with Gasteiger partial charge in [-0.15, -0.1) is 13.2 Å². The molecule has 0 radical (unpaired) electrons. The normalized spacial score (nSPS) is 11.1. The van der Waals surface area contributed by atoms with Gasteiger partial charge in [-0.2, -0.15) is 5.10 Å². The molecule has 1 N–H and O–H groups in total. The second-order valence-corrected chi connectivity index (χ2v) is 6.24. The van der Waals surface area contributed by atoms with Crippen molar-refractivity contribution in [2.75, 3.05) is 19.0 Å². The molecule has 31 heavy (non-hydrogen) atoms. The van der Waals surface area contributed by atoms with E-state index in [0.29, 0.717) is 23.8 Å². The summed E-state index contributed by atoms with van der Waals surface area (Å²) in [5.74, 6) is -0.241. The van der Waals surface area contributed by atoms with Crippen molar-refractivity contribution in [2.24, 2.45) is 0 Å². The van der Waals surface area contributed by atoms with Gasteiger partial charge in [-0.05, 0) is 36.8 Å². The van der Waals surface area contributed by atoms with Crippen LogP contribution in [0.3, 0.4) is 0 Å². The Hall–Kier alpha value is -3.76. The molecule has 0 aliphatic heterocycles. The smallest absolute Gasteiger partial charge is 0.493 e. The number of carbonyl (C=O) groups excluding carboxylic acids is 1. The van der Waals surface area contributed by atoms with E-state index in [1.54, 1.807) is 6.07 Å². The van der Waals surface area contributed by atoms with Crippen LogP contribution in [0.4, 0.5) is 18.9 Å². The van der Waals surface area contributed by atoms with Crippen molar-refractivity contribution < 1.29 is 32.2 Å². The first-order chi connectivity index (χ1) is 14.8. The number of ether oxygens (including phenoxy) is 3. The standard InChI is InChI=1S/C20H19F3N4O4/c1-3-8-30-17-7-4-13(9-18(17)29-2)19(28)26-15-10-14(31-20(21,22)23)5-6-16(15)27-12-24-11-25-27/h4-7,9-12H,3,8H2,1-2H3,(H,26,28). The van der Waals surface area contributed by atoms with Crippen molar-refractivity contribution >= 4 is 11.6 Å². The topological polar surface area (TPSA) is 87.5 Å². The number of methoxy groups -OCH3 is 1. The number of carbonyl (C=O) groups is 1. The number of benzene rings is 2. The Kier molecular flexibility index (Phi) is 6.63. The van der Waals surface area contributed by atoms with Crippen molar-refractivity contribution in [1.29, 1.82) is 0 Å². The fraction of sp³-hybridized carbons (Fsp3) is 0.250. The number of rotatable bonds is 8. The molecule has 0 fully saturated rings. The maximum absolute atomic E-state index is 12.8. The summed E-state index contributed by atoms with van der Waals surface area (Å²) < 4.78 is 54.0. The number of halogens is 3. The molecule has 0 bridgehead atoms. The van der Waals surface area contributed by atoms with E-state index in [1.807, 2.05) is 6.92 Å². The van der Waals surface area contributed by atoms with E-state index in [4.69, 9.17) is 9.47 Å². The van der Waals surface area contributed by atoms with Crippen LogP contribution in [0, 0.1) is 0 Å². The Balaban J connectivity index is 1.91. The number of alkyl halides is 3. The molecule has 0 spiro atoms. The summed E-state index contributed by atoms with van der Waals surface area (Å²) in [7, 11) is 1.44. The van der Waals surface area contributed by atoms with E-state index in [1.165, 1.54) is 42.6 Å². The number of anilines is 1. The van der Waals surface area contributed by atoms with Gasteiger partial charge in [0.2, 0.25) is 0 Å². The van der Waals surface area contributed by atoms with Crippen LogP contribution in [0.25, 0.3) is 5.69 Å². The van der Waals surface area contributed by atoms with Crippen LogP contribution < -0.4 is 19.5 Å². The first kappa shape index (κ1) is 21.9. The van der Waals surface area contributed by atoms with E-state index in [0.717, 1.165) is 18.6 Å². The molecule has 0 aliphatic rings. The quantitative estimate of drug-likeness (QED) is 0.569. The molecule has 11 heteroatoms. The summed E-state index contributed by atoms with van der Waals surface area (Å²) in [4.78, 5) is 16.6. The van der Waals surface area contributed by atoms with Crippen LogP contribution in [0.1, 0.15) is 23.7 Å². The van der Waals surface area contributed by atoms with Crippen LogP contribution in [0.2, 0.25) is 0 Å². The van der Waals surface area contributed by atoms with Gasteiger partial charge in [0.05, 0.1) is 25.1 Å². The first-order valence-electron chi connectivity index (χ1n) is 9.17. The fourth-order valence-electron chi connectivity index (χ4n) is 2.68. The molecule has 0 saturated carbocycles. The maximum Gasteiger partial charge on any atom is 0.573 e. The molecule has 1 amide bonds. The van der Waals surface area contributed by atoms with Gasteiger partial charge in [-0.25, -0.2) is 9.67 Å². The van der Waals surface area contributed by atoms with E-state index < -0.39 is 18.0 Å². The Morgan fingerprint density at radius 1 is 1.16 bits per heavy atom. The second kappa shape index (κ2) is 9.37. The summed E-state index contributed by atoms with van der Waals surface area (Å²) in [6.07, 6.45) is -1.48. The zero-order valence-corrected chi connectivity index (χ0v) is 16.6. The number of amides is 1. The summed E-state index contributed by atoms with van der Waals surface area (Å²) in [5.41, 5.74) is 0.560. The molecule has 3 rings (SSSR count). The fourth-order valence-corrected chi connectivity index (χ4v) is 2.68. The SMILES string of the molecule is CCCOc1ccc(C(=O)Nc2cc(OC(F)(F)F)ccc2-n2cncn2)cc1OC. The minimum atomic E-state index is -4.88. The zero-order chi connectivity index (χ0) is 22.4. The van der Waals surface area contributed by atoms with Crippen LogP contribution in [0.15, 0.2) is 49.1 Å². The third-order valence-electron chi connectivity index (χ3n) is 4.00. The van der Waals surface area contributed by atoms with Gasteiger partial charge >= 0.3 is 6.36 Å². The minimum absolute atomic E-state index is 0.0440. The number of hydrogen-bond acceptors (Lipinski definition) is 6. The van der Waals surface area contributed by atoms with Gasteiger partial charge < -0.3 is 19.5 Å². The van der Waals surface area contributed by atoms with Crippen LogP contribution in [-0.4, -0.2) is 40.8 Å². The van der Waals surface area contributed by atoms with Crippen LogP contribution >= 0.6 is 0 Å². The van der Waals surface area contributed by atoms with Crippen LogP contribution in [0.5, 0.6) is 17.2 Å². The molecule has 0 aliphatic carbocycles. The molecule has 3 aromatic rings. The third kappa shape index (κ3) is 5.65. The molecule has 1 heterocycles. The third-order valence-corrected chi connectivity index (χ3v) is 4.00. The highest BCUT2D eigenvalue weighted by Crippen LogP contribution is 2.31. The molecule has 1 aromatic heterocycles. The molecule has 0 unspecified atom stereocenters. The highest BCUT2D eigenvalue weighted by molar-refractivity contribution is 6.05. The predicted molar refractivity (Wildman–Crippen MR) is 105 cm³/mol. The number of nitrogens with one attached hydrogen (secondary N) is 1. The van der Waals surface area contributed by atoms with E-state index in [2.05, 4.69) is 20.1 Å². The average Bonchev–Trinajstić information content (AvgIpc) is 3.25. The number of nitrogens with zero attached hydrogens (tertiary/aromatic N) is 3. The van der Waals surface area contributed by atoms with Gasteiger partial charge in [-0.3, -0.25) is 4.79 Å². The van der Waals surface area contributed by atoms with E-state index in [9.17, 15) is 18.0 Å². The predicted octanol–water partition coefficient (Wildman–Crippen LogP) is 4.22. The maximum atomic E-state index is 12.8. The lowest BCUT2D eigenvalue weighted by Crippen LogP contribution is -2.18. The molecule has 8 nitrogen and oxygen atoms in total. The van der Waals surface area contributed by atoms with Crippen molar-refractivity contribution in [3.05, 3.63) is 54.6 Å². The first-order valence-corrected chi connectivity index (χ1v) is 9.17. The van der Waals surface area contributed by atoms with Gasteiger partial charge in [0.1, 0.15) is 18.4 Å². The van der Waals surface area contributed by atoms with Gasteiger partial charge in [0.15, 0.2) is 11.5 Å². The summed E-state index contributed by atoms with van der Waals surface area (Å²) in [5, 5.41) is 6.54. The molecule has 164 valence electrons. The van der Waals surface area contributed by atoms with E-state index in [-0.39, 0.29) is 11.3 Å². The molecule has 0 saturated heterocycles. The monoisotopic (exact) mass is 436 g/mol. The lowest BCUT2D eigenvalue weighted by molar-refractivity contribution is -0.274. The van der Waals surface area contributed by atoms with Gasteiger partial charge in [0.25, 0.3) is 5.91 Å². The largest absolute Gasteiger partial charge is 0.573 e. The Morgan fingerprint density at radius 3 is 2.61 bits per heavy atom. The van der Waals surface area contributed by atoms with Crippen LogP contribution in [-0.2, 0) is 0 Å². The minimum Gasteiger partial charge on any atom is -0.493 e. The van der Waals surface area contributed by atoms with Crippen molar-refractivity contribution in [1.82, 2.24) is 14.8 Å². The Morgan fingerprint density at radius 2 is 1.97 bits per heavy atom. The molecule has 2 aromatic carbocycles. The van der Waals surface area contributed by atoms with Crippen molar-refractivity contribution in [2.45, 2.75) is 19.7 Å². The highest BCUT2D eigenvalue weighted by Gasteiger charge is 2.31. The summed E-state index contributed by atoms with van der Waals surface area (Å²) in [6, 6.07) is 8.08. The second-order valence-electron chi connectivity index (χ2n) is 6.24. The Bertz CT molecular complexity index is 1040. The van der Waals surface area contributed by atoms with E-state index >= 15 is 0 Å². The molecule has 0 atom stereocenters. The molecular formula is C20H19F3N4O4.